The lowest BCUT2D eigenvalue weighted by atomic mass is 9.32. The first-order valence-electron chi connectivity index (χ1n) is 14.5. The number of hydrogen-bond acceptors (Lipinski definition) is 3. The van der Waals surface area contributed by atoms with Crippen LogP contribution < -0.4 is 0 Å². The average molecular weight is 491 g/mol. The van der Waals surface area contributed by atoms with Gasteiger partial charge in [-0.15, -0.1) is 0 Å². The third-order valence-corrected chi connectivity index (χ3v) is 13.1. The maximum atomic E-state index is 12.8. The number of fused-ring (bicyclic) bond motifs is 8. The van der Waals surface area contributed by atoms with Gasteiger partial charge in [-0.25, -0.2) is 0 Å². The third-order valence-electron chi connectivity index (χ3n) is 13.1. The molecular formula is C32H46N2O2. The summed E-state index contributed by atoms with van der Waals surface area (Å²) in [5, 5.41) is 10.6. The van der Waals surface area contributed by atoms with Crippen molar-refractivity contribution in [2.45, 2.75) is 112 Å². The monoisotopic (exact) mass is 490 g/mol. The van der Waals surface area contributed by atoms with Crippen LogP contribution in [0.15, 0.2) is 24.0 Å². The predicted octanol–water partition coefficient (Wildman–Crippen LogP) is 7.38. The Morgan fingerprint density at radius 2 is 1.53 bits per heavy atom. The summed E-state index contributed by atoms with van der Waals surface area (Å²) in [6.07, 6.45) is 15.6. The van der Waals surface area contributed by atoms with E-state index in [4.69, 9.17) is 9.97 Å². The molecule has 0 amide bonds. The predicted molar refractivity (Wildman–Crippen MR) is 142 cm³/mol. The molecule has 0 aliphatic heterocycles. The first-order valence-corrected chi connectivity index (χ1v) is 14.5. The second-order valence-corrected chi connectivity index (χ2v) is 15.3. The van der Waals surface area contributed by atoms with Gasteiger partial charge in [-0.1, -0.05) is 60.1 Å². The molecule has 36 heavy (non-hydrogen) atoms. The normalized spacial score (nSPS) is 46.2. The minimum atomic E-state index is -0.634. The minimum Gasteiger partial charge on any atom is -0.481 e. The van der Waals surface area contributed by atoms with Gasteiger partial charge in [0.1, 0.15) is 0 Å². The van der Waals surface area contributed by atoms with Gasteiger partial charge in [0.15, 0.2) is 0 Å². The van der Waals surface area contributed by atoms with Gasteiger partial charge in [0.2, 0.25) is 0 Å². The summed E-state index contributed by atoms with van der Waals surface area (Å²) >= 11 is 0. The van der Waals surface area contributed by atoms with Crippen LogP contribution in [0, 0.1) is 44.8 Å². The fourth-order valence-corrected chi connectivity index (χ4v) is 11.1. The summed E-state index contributed by atoms with van der Waals surface area (Å²) in [5.74, 6) is 1.03. The number of nitrogens with zero attached hydrogens (tertiary/aromatic N) is 2. The van der Waals surface area contributed by atoms with Crippen molar-refractivity contribution >= 4 is 5.97 Å². The second-order valence-electron chi connectivity index (χ2n) is 15.3. The molecular weight excluding hydrogens is 444 g/mol. The van der Waals surface area contributed by atoms with Crippen molar-refractivity contribution < 1.29 is 9.90 Å². The van der Waals surface area contributed by atoms with Crippen LogP contribution in [-0.2, 0) is 16.6 Å². The van der Waals surface area contributed by atoms with Crippen molar-refractivity contribution in [3.8, 4) is 0 Å². The van der Waals surface area contributed by atoms with Crippen LogP contribution in [0.4, 0.5) is 0 Å². The Morgan fingerprint density at radius 3 is 2.25 bits per heavy atom. The molecule has 0 saturated heterocycles. The number of aliphatic carboxylic acids is 1. The zero-order valence-electron chi connectivity index (χ0n) is 23.6. The van der Waals surface area contributed by atoms with E-state index in [-0.39, 0.29) is 27.1 Å². The Kier molecular flexibility index (Phi) is 4.94. The Labute approximate surface area is 217 Å². The molecule has 196 valence electrons. The van der Waals surface area contributed by atoms with E-state index in [2.05, 4.69) is 54.5 Å². The van der Waals surface area contributed by atoms with Gasteiger partial charge in [0, 0.05) is 17.8 Å². The number of carboxylic acids is 1. The molecule has 0 radical (unpaired) electrons. The molecule has 1 aromatic rings. The lowest BCUT2D eigenvalue weighted by Crippen LogP contribution is -2.66. The fraction of sp³-hybridized carbons (Fsp3) is 0.781. The minimum absolute atomic E-state index is 0.0244. The highest BCUT2D eigenvalue weighted by atomic mass is 16.4. The Hall–Kier alpha value is -1.71. The average Bonchev–Trinajstić information content (AvgIpc) is 2.78. The molecule has 1 heterocycles. The van der Waals surface area contributed by atoms with Gasteiger partial charge in [-0.2, -0.15) is 0 Å². The van der Waals surface area contributed by atoms with Crippen LogP contribution >= 0.6 is 0 Å². The van der Waals surface area contributed by atoms with E-state index >= 15 is 0 Å². The highest BCUT2D eigenvalue weighted by Gasteiger charge is 2.69. The van der Waals surface area contributed by atoms with Gasteiger partial charge < -0.3 is 5.11 Å². The summed E-state index contributed by atoms with van der Waals surface area (Å²) < 4.78 is 0. The lowest BCUT2D eigenvalue weighted by Gasteiger charge is -2.71. The Morgan fingerprint density at radius 1 is 0.833 bits per heavy atom. The zero-order chi connectivity index (χ0) is 25.9. The molecule has 7 atom stereocenters. The SMILES string of the molecule is CC1(C)C=C2[C@H]3CC[C@@H]4[C@@]5(C)Cc6nccnc6C(C)(C)[C@@H]5CC[C@@]4(C)[C@]3(C)CC[C@@]2(C(=O)O)CC1. The molecule has 3 saturated carbocycles. The molecule has 4 heteroatoms. The van der Waals surface area contributed by atoms with Crippen molar-refractivity contribution in [3.05, 3.63) is 35.4 Å². The van der Waals surface area contributed by atoms with Gasteiger partial charge in [0.25, 0.3) is 0 Å². The molecule has 1 aromatic heterocycles. The van der Waals surface area contributed by atoms with Gasteiger partial charge >= 0.3 is 5.97 Å². The molecule has 0 spiro atoms. The van der Waals surface area contributed by atoms with Crippen molar-refractivity contribution in [2.24, 2.45) is 44.8 Å². The van der Waals surface area contributed by atoms with E-state index in [1.54, 1.807) is 0 Å². The topological polar surface area (TPSA) is 63.1 Å². The summed E-state index contributed by atoms with van der Waals surface area (Å²) in [7, 11) is 0. The molecule has 1 N–H and O–H groups in total. The van der Waals surface area contributed by atoms with Gasteiger partial charge in [-0.05, 0) is 97.2 Å². The van der Waals surface area contributed by atoms with E-state index in [1.807, 2.05) is 12.4 Å². The summed E-state index contributed by atoms with van der Waals surface area (Å²) in [6.45, 7) is 17.2. The smallest absolute Gasteiger partial charge is 0.313 e. The van der Waals surface area contributed by atoms with Crippen molar-refractivity contribution in [2.75, 3.05) is 0 Å². The van der Waals surface area contributed by atoms with Crippen molar-refractivity contribution in [1.29, 1.82) is 0 Å². The van der Waals surface area contributed by atoms with Crippen LogP contribution in [0.25, 0.3) is 0 Å². The Bertz CT molecular complexity index is 1150. The standard InChI is InChI=1S/C32H46N2O2/c1-27(2)12-14-32(26(35)36)15-13-30(6)20(21(32)18-27)8-9-24-29(5)19-22-25(34-17-16-33-22)28(3,4)23(29)10-11-31(24,30)7/h16-18,20,23-24H,8-15,19H2,1-7H3,(H,35,36)/t20-,23+,24-,29+,30-,31-,32+/m1/s1. The van der Waals surface area contributed by atoms with Gasteiger partial charge in [0.05, 0.1) is 16.8 Å². The highest BCUT2D eigenvalue weighted by Crippen LogP contribution is 2.75. The molecule has 0 bridgehead atoms. The maximum Gasteiger partial charge on any atom is 0.313 e. The van der Waals surface area contributed by atoms with E-state index in [9.17, 15) is 9.90 Å². The third kappa shape index (κ3) is 2.85. The van der Waals surface area contributed by atoms with E-state index < -0.39 is 11.4 Å². The molecule has 3 fully saturated rings. The molecule has 0 aromatic carbocycles. The number of carbonyl (C=O) groups is 1. The largest absolute Gasteiger partial charge is 0.481 e. The maximum absolute atomic E-state index is 12.8. The molecule has 6 rings (SSSR count). The molecule has 4 nitrogen and oxygen atoms in total. The van der Waals surface area contributed by atoms with Gasteiger partial charge in [-0.3, -0.25) is 14.8 Å². The quantitative estimate of drug-likeness (QED) is 0.417. The second kappa shape index (κ2) is 7.23. The number of rotatable bonds is 1. The van der Waals surface area contributed by atoms with Crippen LogP contribution in [0.1, 0.15) is 111 Å². The van der Waals surface area contributed by atoms with Crippen LogP contribution in [0.5, 0.6) is 0 Å². The summed E-state index contributed by atoms with van der Waals surface area (Å²) in [4.78, 5) is 22.6. The molecule has 0 unspecified atom stereocenters. The van der Waals surface area contributed by atoms with Crippen LogP contribution in [-0.4, -0.2) is 21.0 Å². The number of hydrogen-bond donors (Lipinski definition) is 1. The Balaban J connectivity index is 1.45. The molecule has 5 aliphatic rings. The zero-order valence-corrected chi connectivity index (χ0v) is 23.6. The lowest BCUT2D eigenvalue weighted by molar-refractivity contribution is -0.201. The summed E-state index contributed by atoms with van der Waals surface area (Å²) in [5.41, 5.74) is 3.73. The fourth-order valence-electron chi connectivity index (χ4n) is 11.1. The van der Waals surface area contributed by atoms with E-state index in [0.29, 0.717) is 17.8 Å². The van der Waals surface area contributed by atoms with Crippen molar-refractivity contribution in [3.63, 3.8) is 0 Å². The number of aromatic nitrogens is 2. The number of allylic oxidation sites excluding steroid dienone is 1. The first-order chi connectivity index (χ1) is 16.7. The number of carboxylic acid groups (broad SMARTS) is 1. The molecule has 5 aliphatic carbocycles. The van der Waals surface area contributed by atoms with E-state index in [1.165, 1.54) is 36.2 Å². The van der Waals surface area contributed by atoms with E-state index in [0.717, 1.165) is 38.5 Å². The highest BCUT2D eigenvalue weighted by molar-refractivity contribution is 5.80. The first kappa shape index (κ1) is 24.6. The van der Waals surface area contributed by atoms with Crippen LogP contribution in [0.2, 0.25) is 0 Å². The summed E-state index contributed by atoms with van der Waals surface area (Å²) in [6, 6.07) is 0. The van der Waals surface area contributed by atoms with Crippen LogP contribution in [0.3, 0.4) is 0 Å². The van der Waals surface area contributed by atoms with Crippen molar-refractivity contribution in [1.82, 2.24) is 9.97 Å².